The van der Waals surface area contributed by atoms with Crippen LogP contribution in [-0.4, -0.2) is 44.4 Å². The molecule has 0 saturated carbocycles. The highest BCUT2D eigenvalue weighted by Crippen LogP contribution is 2.28. The molecule has 1 N–H and O–H groups in total. The Hall–Kier alpha value is -3.75. The molecule has 4 heterocycles. The third-order valence-corrected chi connectivity index (χ3v) is 4.87. The standard InChI is InChI=1S/C23H25FN6O2/c1-23(2,3)32-22(31)30(10-8-24)16-11-15(12-26-13-16)27-20-6-5-17-18-14-25-9-7-19(18)29(4)21(17)28-20/h5-7,9,11-14H,8,10H2,1-4H3,(H,27,28). The Balaban J connectivity index is 1.63. The minimum absolute atomic E-state index is 0.131. The number of fused-ring (bicyclic) bond motifs is 3. The Morgan fingerprint density at radius 3 is 2.72 bits per heavy atom. The summed E-state index contributed by atoms with van der Waals surface area (Å²) < 4.78 is 20.6. The van der Waals surface area contributed by atoms with Crippen molar-refractivity contribution in [2.24, 2.45) is 7.05 Å². The maximum Gasteiger partial charge on any atom is 0.414 e. The van der Waals surface area contributed by atoms with Gasteiger partial charge in [-0.15, -0.1) is 0 Å². The van der Waals surface area contributed by atoms with Gasteiger partial charge >= 0.3 is 6.09 Å². The van der Waals surface area contributed by atoms with Crippen LogP contribution in [-0.2, 0) is 11.8 Å². The number of ether oxygens (including phenoxy) is 1. The van der Waals surface area contributed by atoms with Crippen molar-refractivity contribution in [2.45, 2.75) is 26.4 Å². The maximum atomic E-state index is 13.1. The molecule has 8 nitrogen and oxygen atoms in total. The number of nitrogens with zero attached hydrogens (tertiary/aromatic N) is 5. The molecule has 0 saturated heterocycles. The molecule has 0 aromatic carbocycles. The van der Waals surface area contributed by atoms with Gasteiger partial charge in [0.05, 0.1) is 35.8 Å². The van der Waals surface area contributed by atoms with E-state index in [4.69, 9.17) is 9.72 Å². The van der Waals surface area contributed by atoms with Crippen LogP contribution in [0.3, 0.4) is 0 Å². The molecule has 4 rings (SSSR count). The van der Waals surface area contributed by atoms with E-state index in [1.165, 1.54) is 11.1 Å². The van der Waals surface area contributed by atoms with Gasteiger partial charge in [0.1, 0.15) is 23.7 Å². The van der Waals surface area contributed by atoms with Gasteiger partial charge in [-0.2, -0.15) is 0 Å². The van der Waals surface area contributed by atoms with E-state index in [2.05, 4.69) is 15.3 Å². The summed E-state index contributed by atoms with van der Waals surface area (Å²) in [5.74, 6) is 0.615. The van der Waals surface area contributed by atoms with Gasteiger partial charge in [0.2, 0.25) is 0 Å². The molecule has 0 radical (unpaired) electrons. The van der Waals surface area contributed by atoms with Gasteiger partial charge in [-0.25, -0.2) is 14.2 Å². The number of carbonyl (C=O) groups excluding carboxylic acids is 1. The van der Waals surface area contributed by atoms with Crippen molar-refractivity contribution in [2.75, 3.05) is 23.4 Å². The van der Waals surface area contributed by atoms with E-state index in [1.807, 2.05) is 36.0 Å². The number of aromatic nitrogens is 4. The summed E-state index contributed by atoms with van der Waals surface area (Å²) in [6.45, 7) is 4.46. The van der Waals surface area contributed by atoms with Gasteiger partial charge in [-0.1, -0.05) is 0 Å². The first-order chi connectivity index (χ1) is 15.3. The number of amides is 1. The molecule has 4 aromatic rings. The molecule has 1 amide bonds. The molecule has 0 aliphatic heterocycles. The average Bonchev–Trinajstić information content (AvgIpc) is 3.03. The van der Waals surface area contributed by atoms with Gasteiger partial charge in [0, 0.05) is 30.2 Å². The van der Waals surface area contributed by atoms with Crippen molar-refractivity contribution in [3.8, 4) is 0 Å². The Bertz CT molecular complexity index is 1280. The lowest BCUT2D eigenvalue weighted by Gasteiger charge is -2.26. The van der Waals surface area contributed by atoms with E-state index in [-0.39, 0.29) is 6.54 Å². The number of pyridine rings is 3. The summed E-state index contributed by atoms with van der Waals surface area (Å²) >= 11 is 0. The van der Waals surface area contributed by atoms with Crippen molar-refractivity contribution in [1.29, 1.82) is 0 Å². The van der Waals surface area contributed by atoms with Gasteiger partial charge in [0.25, 0.3) is 0 Å². The van der Waals surface area contributed by atoms with E-state index in [0.717, 1.165) is 21.9 Å². The van der Waals surface area contributed by atoms with E-state index < -0.39 is 18.4 Å². The number of carbonyl (C=O) groups is 1. The molecule has 4 aromatic heterocycles. The first-order valence-corrected chi connectivity index (χ1v) is 10.2. The van der Waals surface area contributed by atoms with Crippen molar-refractivity contribution in [3.63, 3.8) is 0 Å². The number of hydrogen-bond donors (Lipinski definition) is 1. The van der Waals surface area contributed by atoms with Crippen LogP contribution in [0.4, 0.5) is 26.4 Å². The summed E-state index contributed by atoms with van der Waals surface area (Å²) in [4.78, 5) is 26.9. The van der Waals surface area contributed by atoms with Crippen LogP contribution in [0.1, 0.15) is 20.8 Å². The third-order valence-electron chi connectivity index (χ3n) is 4.87. The molecular weight excluding hydrogens is 411 g/mol. The van der Waals surface area contributed by atoms with Crippen LogP contribution in [0.15, 0.2) is 49.1 Å². The van der Waals surface area contributed by atoms with E-state index in [0.29, 0.717) is 17.2 Å². The predicted molar refractivity (Wildman–Crippen MR) is 123 cm³/mol. The monoisotopic (exact) mass is 436 g/mol. The lowest BCUT2D eigenvalue weighted by molar-refractivity contribution is 0.0578. The number of anilines is 3. The topological polar surface area (TPSA) is 85.2 Å². The lowest BCUT2D eigenvalue weighted by atomic mass is 10.2. The first-order valence-electron chi connectivity index (χ1n) is 10.2. The Kier molecular flexibility index (Phi) is 5.65. The fourth-order valence-corrected chi connectivity index (χ4v) is 3.50. The molecule has 0 aliphatic carbocycles. The average molecular weight is 436 g/mol. The maximum absolute atomic E-state index is 13.1. The van der Waals surface area contributed by atoms with Gasteiger partial charge in [-0.3, -0.25) is 14.9 Å². The highest BCUT2D eigenvalue weighted by Gasteiger charge is 2.23. The molecule has 0 spiro atoms. The van der Waals surface area contributed by atoms with E-state index in [1.54, 1.807) is 39.2 Å². The molecule has 166 valence electrons. The van der Waals surface area contributed by atoms with Crippen molar-refractivity contribution >= 4 is 45.2 Å². The molecule has 0 bridgehead atoms. The zero-order valence-corrected chi connectivity index (χ0v) is 18.5. The number of alkyl halides is 1. The number of hydrogen-bond acceptors (Lipinski definition) is 6. The smallest absolute Gasteiger partial charge is 0.414 e. The van der Waals surface area contributed by atoms with Crippen LogP contribution in [0.25, 0.3) is 21.9 Å². The number of rotatable bonds is 5. The highest BCUT2D eigenvalue weighted by atomic mass is 19.1. The van der Waals surface area contributed by atoms with Crippen LogP contribution < -0.4 is 10.2 Å². The fourth-order valence-electron chi connectivity index (χ4n) is 3.50. The predicted octanol–water partition coefficient (Wildman–Crippen LogP) is 4.97. The largest absolute Gasteiger partial charge is 0.443 e. The highest BCUT2D eigenvalue weighted by molar-refractivity contribution is 6.06. The number of halogens is 1. The SMILES string of the molecule is Cn1c2ccncc2c2ccc(Nc3cncc(N(CCF)C(=O)OC(C)(C)C)c3)nc21. The number of aryl methyl sites for hydroxylation is 1. The van der Waals surface area contributed by atoms with Crippen molar-refractivity contribution in [3.05, 3.63) is 49.1 Å². The molecule has 0 atom stereocenters. The molecule has 0 fully saturated rings. The van der Waals surface area contributed by atoms with Crippen LogP contribution in [0.5, 0.6) is 0 Å². The zero-order valence-electron chi connectivity index (χ0n) is 18.5. The zero-order chi connectivity index (χ0) is 22.9. The molecule has 0 aliphatic rings. The minimum atomic E-state index is -0.703. The Morgan fingerprint density at radius 2 is 1.97 bits per heavy atom. The first kappa shape index (κ1) is 21.5. The lowest BCUT2D eigenvalue weighted by Crippen LogP contribution is -2.38. The van der Waals surface area contributed by atoms with Crippen molar-refractivity contribution in [1.82, 2.24) is 19.5 Å². The second kappa shape index (κ2) is 8.41. The van der Waals surface area contributed by atoms with Crippen LogP contribution in [0.2, 0.25) is 0 Å². The van der Waals surface area contributed by atoms with Gasteiger partial charge in [-0.05, 0) is 45.0 Å². The van der Waals surface area contributed by atoms with Gasteiger partial charge in [0.15, 0.2) is 0 Å². The van der Waals surface area contributed by atoms with Crippen LogP contribution in [0, 0.1) is 0 Å². The summed E-state index contributed by atoms with van der Waals surface area (Å²) in [5.41, 5.74) is 2.21. The Labute approximate surface area is 185 Å². The Morgan fingerprint density at radius 1 is 1.16 bits per heavy atom. The summed E-state index contributed by atoms with van der Waals surface area (Å²) in [6.07, 6.45) is 6.07. The molecule has 32 heavy (non-hydrogen) atoms. The summed E-state index contributed by atoms with van der Waals surface area (Å²) in [7, 11) is 1.96. The molecule has 9 heteroatoms. The van der Waals surface area contributed by atoms with Gasteiger partial charge < -0.3 is 14.6 Å². The summed E-state index contributed by atoms with van der Waals surface area (Å²) in [5, 5.41) is 5.26. The quantitative estimate of drug-likeness (QED) is 0.475. The van der Waals surface area contributed by atoms with E-state index >= 15 is 0 Å². The fraction of sp³-hybridized carbons (Fsp3) is 0.304. The van der Waals surface area contributed by atoms with E-state index in [9.17, 15) is 9.18 Å². The second-order valence-corrected chi connectivity index (χ2v) is 8.40. The summed E-state index contributed by atoms with van der Waals surface area (Å²) in [6, 6.07) is 7.52. The minimum Gasteiger partial charge on any atom is -0.443 e. The normalized spacial score (nSPS) is 11.7. The number of nitrogens with one attached hydrogen (secondary N) is 1. The molecule has 0 unspecified atom stereocenters. The third kappa shape index (κ3) is 4.32. The van der Waals surface area contributed by atoms with Crippen molar-refractivity contribution < 1.29 is 13.9 Å². The molecular formula is C23H25FN6O2. The second-order valence-electron chi connectivity index (χ2n) is 8.40. The van der Waals surface area contributed by atoms with Crippen LogP contribution >= 0.6 is 0 Å².